The molecule has 0 unspecified atom stereocenters. The number of aromatic carboxylic acids is 1. The Morgan fingerprint density at radius 2 is 2.00 bits per heavy atom. The van der Waals surface area contributed by atoms with E-state index in [1.807, 2.05) is 0 Å². The van der Waals surface area contributed by atoms with Gasteiger partial charge in [0.2, 0.25) is 5.43 Å². The predicted molar refractivity (Wildman–Crippen MR) is 88.7 cm³/mol. The number of benzene rings is 1. The molecule has 0 spiro atoms. The molecule has 1 heterocycles. The second-order valence-corrected chi connectivity index (χ2v) is 6.23. The van der Waals surface area contributed by atoms with Crippen LogP contribution in [0.2, 0.25) is 0 Å². The van der Waals surface area contributed by atoms with Crippen molar-refractivity contribution in [3.05, 3.63) is 46.2 Å². The Kier molecular flexibility index (Phi) is 5.71. The van der Waals surface area contributed by atoms with Crippen LogP contribution in [0.5, 0.6) is 5.75 Å². The third-order valence-corrected chi connectivity index (χ3v) is 3.25. The molecule has 0 amide bonds. The van der Waals surface area contributed by atoms with Crippen LogP contribution < -0.4 is 10.2 Å². The molecule has 26 heavy (non-hydrogen) atoms. The first kappa shape index (κ1) is 19.5. The Morgan fingerprint density at radius 1 is 1.35 bits per heavy atom. The van der Waals surface area contributed by atoms with Crippen LogP contribution in [0.1, 0.15) is 24.2 Å². The van der Waals surface area contributed by atoms with Gasteiger partial charge in [0.05, 0.1) is 12.1 Å². The van der Waals surface area contributed by atoms with Gasteiger partial charge in [-0.05, 0) is 26.0 Å². The maximum absolute atomic E-state index is 12.5. The summed E-state index contributed by atoms with van der Waals surface area (Å²) in [5, 5.41) is 23.3. The number of alkyl halides is 2. The molecule has 0 aliphatic rings. The maximum Gasteiger partial charge on any atom is 0.341 e. The van der Waals surface area contributed by atoms with Gasteiger partial charge in [0.25, 0.3) is 6.43 Å². The fourth-order valence-corrected chi connectivity index (χ4v) is 2.28. The van der Waals surface area contributed by atoms with Crippen molar-refractivity contribution in [2.24, 2.45) is 0 Å². The molecule has 1 aromatic carbocycles. The zero-order valence-corrected chi connectivity index (χ0v) is 14.1. The van der Waals surface area contributed by atoms with Gasteiger partial charge in [-0.15, -0.1) is 0 Å². The van der Waals surface area contributed by atoms with Crippen LogP contribution in [0.15, 0.2) is 35.3 Å². The number of carboxylic acids is 1. The van der Waals surface area contributed by atoms with E-state index in [1.165, 1.54) is 32.0 Å². The van der Waals surface area contributed by atoms with Crippen molar-refractivity contribution in [3.63, 3.8) is 0 Å². The molecule has 0 saturated carbocycles. The fraction of sp³-hybridized carbons (Fsp3) is 0.353. The van der Waals surface area contributed by atoms with Crippen LogP contribution in [0.3, 0.4) is 0 Å². The minimum Gasteiger partial charge on any atom is -0.487 e. The molecule has 0 radical (unpaired) electrons. The standard InChI is InChI=1S/C17H18F2N2O5/c1-17(2,25)9-21-7-11(16(23)24)15(22)14(20-21)10-5-3-4-6-12(10)26-8-13(18)19/h3-7,13,25H,8-9H2,1-2H3,(H,23,24). The van der Waals surface area contributed by atoms with Crippen LogP contribution in [0.25, 0.3) is 11.3 Å². The van der Waals surface area contributed by atoms with Gasteiger partial charge in [-0.25, -0.2) is 13.6 Å². The molecule has 2 aromatic rings. The predicted octanol–water partition coefficient (Wildman–Crippen LogP) is 2.02. The van der Waals surface area contributed by atoms with Gasteiger partial charge in [0.15, 0.2) is 0 Å². The molecule has 1 aromatic heterocycles. The van der Waals surface area contributed by atoms with E-state index in [-0.39, 0.29) is 23.6 Å². The highest BCUT2D eigenvalue weighted by Gasteiger charge is 2.22. The number of para-hydroxylation sites is 1. The summed E-state index contributed by atoms with van der Waals surface area (Å²) >= 11 is 0. The molecule has 0 saturated heterocycles. The summed E-state index contributed by atoms with van der Waals surface area (Å²) < 4.78 is 31.0. The van der Waals surface area contributed by atoms with E-state index in [9.17, 15) is 28.6 Å². The highest BCUT2D eigenvalue weighted by molar-refractivity contribution is 5.88. The number of carboxylic acid groups (broad SMARTS) is 1. The van der Waals surface area contributed by atoms with Gasteiger partial charge >= 0.3 is 5.97 Å². The van der Waals surface area contributed by atoms with E-state index in [4.69, 9.17) is 4.74 Å². The van der Waals surface area contributed by atoms with Gasteiger partial charge in [0, 0.05) is 11.8 Å². The maximum atomic E-state index is 12.5. The minimum absolute atomic E-state index is 0.0188. The van der Waals surface area contributed by atoms with Gasteiger partial charge in [-0.2, -0.15) is 5.10 Å². The number of carbonyl (C=O) groups is 1. The van der Waals surface area contributed by atoms with Crippen molar-refractivity contribution >= 4 is 5.97 Å². The van der Waals surface area contributed by atoms with Crippen molar-refractivity contribution in [2.45, 2.75) is 32.4 Å². The van der Waals surface area contributed by atoms with Crippen molar-refractivity contribution in [1.82, 2.24) is 9.78 Å². The minimum atomic E-state index is -2.71. The summed E-state index contributed by atoms with van der Waals surface area (Å²) in [6.45, 7) is 2.02. The van der Waals surface area contributed by atoms with Crippen molar-refractivity contribution < 1.29 is 28.5 Å². The lowest BCUT2D eigenvalue weighted by Gasteiger charge is -2.19. The molecule has 0 atom stereocenters. The molecule has 0 aliphatic heterocycles. The summed E-state index contributed by atoms with van der Waals surface area (Å²) in [5.74, 6) is -1.48. The smallest absolute Gasteiger partial charge is 0.341 e. The summed E-state index contributed by atoms with van der Waals surface area (Å²) in [5.41, 5.74) is -2.83. The fourth-order valence-electron chi connectivity index (χ4n) is 2.28. The summed E-state index contributed by atoms with van der Waals surface area (Å²) in [4.78, 5) is 23.9. The van der Waals surface area contributed by atoms with Crippen LogP contribution >= 0.6 is 0 Å². The number of nitrogens with zero attached hydrogens (tertiary/aromatic N) is 2. The van der Waals surface area contributed by atoms with Crippen LogP contribution in [-0.2, 0) is 6.54 Å². The molecule has 9 heteroatoms. The largest absolute Gasteiger partial charge is 0.487 e. The lowest BCUT2D eigenvalue weighted by atomic mass is 10.1. The lowest BCUT2D eigenvalue weighted by molar-refractivity contribution is 0.0562. The van der Waals surface area contributed by atoms with E-state index in [0.717, 1.165) is 10.9 Å². The zero-order valence-electron chi connectivity index (χ0n) is 14.1. The highest BCUT2D eigenvalue weighted by atomic mass is 19.3. The Bertz CT molecular complexity index is 859. The van der Waals surface area contributed by atoms with Crippen molar-refractivity contribution in [3.8, 4) is 17.0 Å². The first-order chi connectivity index (χ1) is 12.1. The van der Waals surface area contributed by atoms with Crippen LogP contribution in [0.4, 0.5) is 8.78 Å². The third kappa shape index (κ3) is 4.85. The molecule has 140 valence electrons. The first-order valence-electron chi connectivity index (χ1n) is 7.66. The second-order valence-electron chi connectivity index (χ2n) is 6.23. The normalized spacial score (nSPS) is 11.6. The first-order valence-corrected chi connectivity index (χ1v) is 7.66. The quantitative estimate of drug-likeness (QED) is 0.775. The highest BCUT2D eigenvalue weighted by Crippen LogP contribution is 2.27. The third-order valence-electron chi connectivity index (χ3n) is 3.25. The Labute approximate surface area is 147 Å². The van der Waals surface area contributed by atoms with E-state index in [2.05, 4.69) is 5.10 Å². The number of halogens is 2. The molecule has 2 N–H and O–H groups in total. The summed E-state index contributed by atoms with van der Waals surface area (Å²) in [7, 11) is 0. The van der Waals surface area contributed by atoms with E-state index >= 15 is 0 Å². The van der Waals surface area contributed by atoms with Gasteiger partial charge < -0.3 is 14.9 Å². The Hall–Kier alpha value is -2.81. The second kappa shape index (κ2) is 7.61. The number of hydrogen-bond acceptors (Lipinski definition) is 5. The molecule has 0 fully saturated rings. The monoisotopic (exact) mass is 368 g/mol. The topological polar surface area (TPSA) is 102 Å². The SMILES string of the molecule is CC(C)(O)Cn1cc(C(=O)O)c(=O)c(-c2ccccc2OCC(F)F)n1. The number of aliphatic hydroxyl groups is 1. The van der Waals surface area contributed by atoms with Crippen LogP contribution in [0, 0.1) is 0 Å². The van der Waals surface area contributed by atoms with Crippen molar-refractivity contribution in [2.75, 3.05) is 6.61 Å². The molecule has 2 rings (SSSR count). The molecule has 0 bridgehead atoms. The van der Waals surface area contributed by atoms with Gasteiger partial charge in [-0.3, -0.25) is 9.48 Å². The van der Waals surface area contributed by atoms with Gasteiger partial charge in [0.1, 0.15) is 23.6 Å². The summed E-state index contributed by atoms with van der Waals surface area (Å²) in [6.07, 6.45) is -1.69. The van der Waals surface area contributed by atoms with Crippen LogP contribution in [-0.4, -0.2) is 44.6 Å². The van der Waals surface area contributed by atoms with Gasteiger partial charge in [-0.1, -0.05) is 12.1 Å². The average Bonchev–Trinajstić information content (AvgIpc) is 2.53. The van der Waals surface area contributed by atoms with E-state index < -0.39 is 35.6 Å². The number of aromatic nitrogens is 2. The molecule has 7 nitrogen and oxygen atoms in total. The zero-order chi connectivity index (χ0) is 19.5. The Morgan fingerprint density at radius 3 is 2.58 bits per heavy atom. The summed E-state index contributed by atoms with van der Waals surface area (Å²) in [6, 6.07) is 5.87. The Balaban J connectivity index is 2.62. The molecular weight excluding hydrogens is 350 g/mol. The number of hydrogen-bond donors (Lipinski definition) is 2. The number of ether oxygens (including phenoxy) is 1. The number of rotatable bonds is 7. The lowest BCUT2D eigenvalue weighted by Crippen LogP contribution is -2.30. The van der Waals surface area contributed by atoms with Crippen molar-refractivity contribution in [1.29, 1.82) is 0 Å². The molecule has 0 aliphatic carbocycles. The van der Waals surface area contributed by atoms with E-state index in [0.29, 0.717) is 0 Å². The average molecular weight is 368 g/mol. The van der Waals surface area contributed by atoms with E-state index in [1.54, 1.807) is 6.07 Å². The molecular formula is C17H18F2N2O5.